The zero-order valence-corrected chi connectivity index (χ0v) is 16.7. The first-order valence-electron chi connectivity index (χ1n) is 9.29. The number of aromatic nitrogens is 1. The number of ether oxygens (including phenoxy) is 3. The molecule has 4 rings (SSSR count). The number of nitrogens with zero attached hydrogens (tertiary/aromatic N) is 1. The van der Waals surface area contributed by atoms with E-state index in [9.17, 15) is 0 Å². The predicted molar refractivity (Wildman–Crippen MR) is 109 cm³/mol. The van der Waals surface area contributed by atoms with E-state index in [4.69, 9.17) is 14.2 Å². The average Bonchev–Trinajstić information content (AvgIpc) is 2.71. The van der Waals surface area contributed by atoms with Gasteiger partial charge in [0.05, 0.1) is 11.6 Å². The number of hydrogen-bond donors (Lipinski definition) is 0. The number of halogens is 1. The second-order valence-corrected chi connectivity index (χ2v) is 7.61. The van der Waals surface area contributed by atoms with E-state index in [0.717, 1.165) is 46.1 Å². The van der Waals surface area contributed by atoms with Crippen LogP contribution in [0.1, 0.15) is 24.8 Å². The summed E-state index contributed by atoms with van der Waals surface area (Å²) in [5, 5.41) is 0.968. The fourth-order valence-corrected chi connectivity index (χ4v) is 3.54. The quantitative estimate of drug-likeness (QED) is 0.518. The second kappa shape index (κ2) is 8.72. The van der Waals surface area contributed by atoms with Gasteiger partial charge in [-0.3, -0.25) is 0 Å². The number of fused-ring (bicyclic) bond motifs is 1. The molecule has 1 atom stereocenters. The second-order valence-electron chi connectivity index (χ2n) is 6.69. The summed E-state index contributed by atoms with van der Waals surface area (Å²) in [6.45, 7) is 1.84. The van der Waals surface area contributed by atoms with Crippen molar-refractivity contribution in [1.29, 1.82) is 0 Å². The van der Waals surface area contributed by atoms with Crippen LogP contribution >= 0.6 is 15.9 Å². The molecular weight excluding hydrogens is 406 g/mol. The smallest absolute Gasteiger partial charge is 0.217 e. The maximum absolute atomic E-state index is 6.11. The number of rotatable bonds is 6. The molecule has 2 aromatic carbocycles. The maximum Gasteiger partial charge on any atom is 0.217 e. The molecule has 0 aliphatic carbocycles. The minimum absolute atomic E-state index is 0.146. The van der Waals surface area contributed by atoms with Crippen LogP contribution in [0.25, 0.3) is 10.9 Å². The summed E-state index contributed by atoms with van der Waals surface area (Å²) in [5.74, 6) is 1.34. The zero-order chi connectivity index (χ0) is 18.5. The van der Waals surface area contributed by atoms with Crippen molar-refractivity contribution in [2.24, 2.45) is 0 Å². The molecule has 3 aromatic rings. The van der Waals surface area contributed by atoms with Crippen LogP contribution in [0.2, 0.25) is 0 Å². The van der Waals surface area contributed by atoms with Gasteiger partial charge in [-0.25, -0.2) is 4.98 Å². The van der Waals surface area contributed by atoms with Gasteiger partial charge >= 0.3 is 0 Å². The third-order valence-corrected chi connectivity index (χ3v) is 5.13. The number of hydrogen-bond acceptors (Lipinski definition) is 4. The highest BCUT2D eigenvalue weighted by atomic mass is 79.9. The van der Waals surface area contributed by atoms with E-state index in [1.54, 1.807) is 0 Å². The van der Waals surface area contributed by atoms with E-state index >= 15 is 0 Å². The molecule has 27 heavy (non-hydrogen) atoms. The number of benzene rings is 2. The Balaban J connectivity index is 1.55. The van der Waals surface area contributed by atoms with Crippen molar-refractivity contribution in [3.8, 4) is 11.6 Å². The van der Waals surface area contributed by atoms with Crippen molar-refractivity contribution >= 4 is 26.8 Å². The van der Waals surface area contributed by atoms with Crippen molar-refractivity contribution in [3.63, 3.8) is 0 Å². The lowest BCUT2D eigenvalue weighted by atomic mass is 10.1. The van der Waals surface area contributed by atoms with Crippen LogP contribution < -0.4 is 9.47 Å². The van der Waals surface area contributed by atoms with Gasteiger partial charge in [0.1, 0.15) is 19.0 Å². The minimum atomic E-state index is 0.146. The molecule has 5 heteroatoms. The van der Waals surface area contributed by atoms with E-state index in [1.165, 1.54) is 6.42 Å². The van der Waals surface area contributed by atoms with Crippen molar-refractivity contribution in [3.05, 3.63) is 64.6 Å². The third-order valence-electron chi connectivity index (χ3n) is 4.64. The average molecular weight is 428 g/mol. The zero-order valence-electron chi connectivity index (χ0n) is 15.1. The molecule has 1 unspecified atom stereocenters. The molecule has 1 saturated heterocycles. The SMILES string of the molecule is Brc1ccc2c(OCc3ccccc3)cc(OCC3CCCCO3)nc2c1. The van der Waals surface area contributed by atoms with Crippen LogP contribution in [-0.2, 0) is 11.3 Å². The molecule has 0 amide bonds. The van der Waals surface area contributed by atoms with Gasteiger partial charge in [0.2, 0.25) is 5.88 Å². The highest BCUT2D eigenvalue weighted by Gasteiger charge is 2.16. The van der Waals surface area contributed by atoms with Crippen molar-refractivity contribution < 1.29 is 14.2 Å². The Kier molecular flexibility index (Phi) is 5.90. The molecular formula is C22H22BrNO3. The Hall–Kier alpha value is -2.11. The Labute approximate surface area is 167 Å². The van der Waals surface area contributed by atoms with Crippen LogP contribution in [0, 0.1) is 0 Å². The maximum atomic E-state index is 6.11. The van der Waals surface area contributed by atoms with Gasteiger partial charge in [-0.15, -0.1) is 0 Å². The molecule has 4 nitrogen and oxygen atoms in total. The predicted octanol–water partition coefficient (Wildman–Crippen LogP) is 5.52. The van der Waals surface area contributed by atoms with E-state index in [2.05, 4.69) is 33.0 Å². The molecule has 0 spiro atoms. The van der Waals surface area contributed by atoms with Crippen molar-refractivity contribution in [2.75, 3.05) is 13.2 Å². The van der Waals surface area contributed by atoms with Crippen LogP contribution in [0.3, 0.4) is 0 Å². The lowest BCUT2D eigenvalue weighted by Gasteiger charge is -2.22. The van der Waals surface area contributed by atoms with Crippen molar-refractivity contribution in [1.82, 2.24) is 4.98 Å². The molecule has 0 bridgehead atoms. The normalized spacial score (nSPS) is 17.0. The highest BCUT2D eigenvalue weighted by molar-refractivity contribution is 9.10. The lowest BCUT2D eigenvalue weighted by molar-refractivity contribution is -0.0119. The first-order chi connectivity index (χ1) is 13.3. The topological polar surface area (TPSA) is 40.6 Å². The van der Waals surface area contributed by atoms with Gasteiger partial charge in [-0.05, 0) is 43.0 Å². The van der Waals surface area contributed by atoms with Gasteiger partial charge in [0, 0.05) is 22.5 Å². The van der Waals surface area contributed by atoms with Gasteiger partial charge in [0.15, 0.2) is 0 Å². The molecule has 0 N–H and O–H groups in total. The Bertz CT molecular complexity index is 895. The molecule has 1 aliphatic rings. The van der Waals surface area contributed by atoms with Crippen molar-refractivity contribution in [2.45, 2.75) is 32.0 Å². The molecule has 0 radical (unpaired) electrons. The summed E-state index contributed by atoms with van der Waals surface area (Å²) in [6.07, 6.45) is 3.51. The Morgan fingerprint density at radius 3 is 2.74 bits per heavy atom. The van der Waals surface area contributed by atoms with E-state index in [-0.39, 0.29) is 6.10 Å². The molecule has 1 fully saturated rings. The van der Waals surface area contributed by atoms with Gasteiger partial charge in [-0.2, -0.15) is 0 Å². The lowest BCUT2D eigenvalue weighted by Crippen LogP contribution is -2.26. The van der Waals surface area contributed by atoms with Crippen LogP contribution in [-0.4, -0.2) is 24.3 Å². The Morgan fingerprint density at radius 2 is 1.93 bits per heavy atom. The largest absolute Gasteiger partial charge is 0.488 e. The van der Waals surface area contributed by atoms with Gasteiger partial charge in [-0.1, -0.05) is 46.3 Å². The molecule has 140 valence electrons. The van der Waals surface area contributed by atoms with Gasteiger partial charge in [0.25, 0.3) is 0 Å². The van der Waals surface area contributed by atoms with Crippen LogP contribution in [0.4, 0.5) is 0 Å². The van der Waals surface area contributed by atoms with Gasteiger partial charge < -0.3 is 14.2 Å². The summed E-state index contributed by atoms with van der Waals surface area (Å²) in [7, 11) is 0. The summed E-state index contributed by atoms with van der Waals surface area (Å²) in [5.41, 5.74) is 1.96. The summed E-state index contributed by atoms with van der Waals surface area (Å²) < 4.78 is 18.8. The summed E-state index contributed by atoms with van der Waals surface area (Å²) >= 11 is 3.52. The standard InChI is InChI=1S/C22H22BrNO3/c23-17-9-10-19-20(12-17)24-22(27-15-18-8-4-5-11-25-18)13-21(19)26-14-16-6-2-1-3-7-16/h1-3,6-7,9-10,12-13,18H,4-5,8,11,14-15H2. The number of pyridine rings is 1. The molecule has 2 heterocycles. The Morgan fingerprint density at radius 1 is 1.04 bits per heavy atom. The molecule has 1 aromatic heterocycles. The highest BCUT2D eigenvalue weighted by Crippen LogP contribution is 2.31. The molecule has 0 saturated carbocycles. The monoisotopic (exact) mass is 427 g/mol. The first-order valence-corrected chi connectivity index (χ1v) is 10.1. The van der Waals surface area contributed by atoms with Crippen LogP contribution in [0.15, 0.2) is 59.1 Å². The van der Waals surface area contributed by atoms with Crippen LogP contribution in [0.5, 0.6) is 11.6 Å². The summed E-state index contributed by atoms with van der Waals surface area (Å²) in [6, 6.07) is 18.0. The van der Waals surface area contributed by atoms with E-state index in [0.29, 0.717) is 19.1 Å². The van der Waals surface area contributed by atoms with E-state index < -0.39 is 0 Å². The minimum Gasteiger partial charge on any atom is -0.488 e. The van der Waals surface area contributed by atoms with E-state index in [1.807, 2.05) is 42.5 Å². The third kappa shape index (κ3) is 4.79. The fourth-order valence-electron chi connectivity index (χ4n) is 3.19. The fraction of sp³-hybridized carbons (Fsp3) is 0.318. The first kappa shape index (κ1) is 18.3. The summed E-state index contributed by atoms with van der Waals surface area (Å²) in [4.78, 5) is 4.65. The molecule has 1 aliphatic heterocycles.